The van der Waals surface area contributed by atoms with E-state index in [-0.39, 0.29) is 10.2 Å². The highest BCUT2D eigenvalue weighted by atomic mass is 16.6. The third-order valence-corrected chi connectivity index (χ3v) is 1.90. The molecule has 2 nitrogen and oxygen atoms in total. The second kappa shape index (κ2) is 1.25. The van der Waals surface area contributed by atoms with Crippen molar-refractivity contribution in [3.8, 4) is 0 Å². The number of hydroxylamine groups is 3. The highest BCUT2D eigenvalue weighted by molar-refractivity contribution is 4.66. The summed E-state index contributed by atoms with van der Waals surface area (Å²) in [6.07, 6.45) is 0. The number of hydrogen-bond donors (Lipinski definition) is 1. The molecule has 1 saturated heterocycles. The molecule has 1 aliphatic heterocycles. The lowest BCUT2D eigenvalue weighted by Gasteiger charge is -2.24. The van der Waals surface area contributed by atoms with Crippen LogP contribution in [0.15, 0.2) is 0 Å². The Labute approximate surface area is 50.3 Å². The predicted molar refractivity (Wildman–Crippen MR) is 31.5 cm³/mol. The van der Waals surface area contributed by atoms with Gasteiger partial charge in [0.2, 0.25) is 0 Å². The summed E-state index contributed by atoms with van der Waals surface area (Å²) in [5, 5.41) is 9.40. The maximum Gasteiger partial charge on any atom is 0.161 e. The summed E-state index contributed by atoms with van der Waals surface area (Å²) in [7, 11) is 0. The first kappa shape index (κ1) is 6.05. The predicted octanol–water partition coefficient (Wildman–Crippen LogP) is 1.00. The zero-order chi connectivity index (χ0) is 6.41. The quantitative estimate of drug-likeness (QED) is 0.370. The number of hydrogen-bond acceptors (Lipinski definition) is 1. The smallest absolute Gasteiger partial charge is 0.161 e. The average molecular weight is 116 g/mol. The molecule has 0 aromatic carbocycles. The fourth-order valence-electron chi connectivity index (χ4n) is 0.766. The first-order valence-corrected chi connectivity index (χ1v) is 3.06. The van der Waals surface area contributed by atoms with Crippen molar-refractivity contribution in [1.29, 1.82) is 0 Å². The van der Waals surface area contributed by atoms with Crippen LogP contribution in [0.25, 0.3) is 0 Å². The van der Waals surface area contributed by atoms with Crippen molar-refractivity contribution in [2.75, 3.05) is 13.1 Å². The summed E-state index contributed by atoms with van der Waals surface area (Å²) >= 11 is 0. The molecule has 48 valence electrons. The van der Waals surface area contributed by atoms with Crippen LogP contribution in [0.3, 0.4) is 0 Å². The molecule has 1 N–H and O–H groups in total. The van der Waals surface area contributed by atoms with Crippen molar-refractivity contribution in [3.05, 3.63) is 0 Å². The Balaban J connectivity index is 2.58. The Bertz CT molecular complexity index is 96.3. The van der Waals surface area contributed by atoms with E-state index in [1.807, 2.05) is 0 Å². The molecule has 0 amide bonds. The minimum Gasteiger partial charge on any atom is -0.216 e. The number of rotatable bonds is 0. The summed E-state index contributed by atoms with van der Waals surface area (Å²) in [6.45, 7) is 8.03. The molecule has 0 unspecified atom stereocenters. The van der Waals surface area contributed by atoms with Crippen LogP contribution < -0.4 is 0 Å². The average Bonchev–Trinajstić information content (AvgIpc) is 2.16. The van der Waals surface area contributed by atoms with Crippen molar-refractivity contribution in [2.45, 2.75) is 26.3 Å². The molecule has 0 saturated carbocycles. The minimum absolute atomic E-state index is 0.0417. The summed E-state index contributed by atoms with van der Waals surface area (Å²) in [5.41, 5.74) is 0.0417. The molecule has 0 radical (unpaired) electrons. The van der Waals surface area contributed by atoms with Crippen molar-refractivity contribution in [1.82, 2.24) is 0 Å². The van der Waals surface area contributed by atoms with Gasteiger partial charge in [-0.15, -0.1) is 0 Å². The van der Waals surface area contributed by atoms with Gasteiger partial charge in [-0.3, -0.25) is 0 Å². The van der Waals surface area contributed by atoms with Gasteiger partial charge in [0.1, 0.15) is 5.54 Å². The molecule has 0 atom stereocenters. The SMILES string of the molecule is CC(C)(C)[N+]1(O)CC1. The van der Waals surface area contributed by atoms with E-state index in [2.05, 4.69) is 20.8 Å². The fraction of sp³-hybridized carbons (Fsp3) is 1.00. The van der Waals surface area contributed by atoms with Crippen LogP contribution in [-0.2, 0) is 0 Å². The van der Waals surface area contributed by atoms with Crippen LogP contribution in [0.1, 0.15) is 20.8 Å². The van der Waals surface area contributed by atoms with Crippen molar-refractivity contribution in [3.63, 3.8) is 0 Å². The van der Waals surface area contributed by atoms with Crippen LogP contribution >= 0.6 is 0 Å². The molecule has 0 spiro atoms. The van der Waals surface area contributed by atoms with Crippen LogP contribution in [0, 0.1) is 0 Å². The molecule has 0 aliphatic carbocycles. The van der Waals surface area contributed by atoms with Gasteiger partial charge in [0.25, 0.3) is 0 Å². The first-order chi connectivity index (χ1) is 3.46. The largest absolute Gasteiger partial charge is 0.216 e. The van der Waals surface area contributed by atoms with Gasteiger partial charge >= 0.3 is 0 Å². The number of nitrogens with zero attached hydrogens (tertiary/aromatic N) is 1. The van der Waals surface area contributed by atoms with Crippen molar-refractivity contribution in [2.24, 2.45) is 0 Å². The lowest BCUT2D eigenvalue weighted by molar-refractivity contribution is -1.04. The van der Waals surface area contributed by atoms with Crippen LogP contribution in [0.2, 0.25) is 0 Å². The normalized spacial score (nSPS) is 25.5. The van der Waals surface area contributed by atoms with E-state index in [9.17, 15) is 5.21 Å². The van der Waals surface area contributed by atoms with Gasteiger partial charge in [-0.2, -0.15) is 4.65 Å². The lowest BCUT2D eigenvalue weighted by atomic mass is 10.1. The van der Waals surface area contributed by atoms with E-state index in [0.717, 1.165) is 13.1 Å². The van der Waals surface area contributed by atoms with Crippen LogP contribution in [-0.4, -0.2) is 28.5 Å². The minimum atomic E-state index is 0.0417. The van der Waals surface area contributed by atoms with E-state index in [1.54, 1.807) is 0 Å². The van der Waals surface area contributed by atoms with Gasteiger partial charge in [0.05, 0.1) is 0 Å². The molecule has 0 bridgehead atoms. The molecule has 1 heterocycles. The summed E-state index contributed by atoms with van der Waals surface area (Å²) in [6, 6.07) is 0. The van der Waals surface area contributed by atoms with Crippen LogP contribution in [0.5, 0.6) is 0 Å². The maximum absolute atomic E-state index is 9.40. The highest BCUT2D eigenvalue weighted by Gasteiger charge is 2.52. The van der Waals surface area contributed by atoms with Gasteiger partial charge in [-0.05, 0) is 20.8 Å². The Kier molecular flexibility index (Phi) is 0.946. The monoisotopic (exact) mass is 116 g/mol. The summed E-state index contributed by atoms with van der Waals surface area (Å²) in [4.78, 5) is 0. The molecule has 1 rings (SSSR count). The van der Waals surface area contributed by atoms with E-state index in [0.29, 0.717) is 0 Å². The van der Waals surface area contributed by atoms with Gasteiger partial charge in [0, 0.05) is 0 Å². The number of quaternary nitrogens is 1. The van der Waals surface area contributed by atoms with Gasteiger partial charge in [-0.1, -0.05) is 0 Å². The van der Waals surface area contributed by atoms with Gasteiger partial charge in [0.15, 0.2) is 13.1 Å². The molecule has 8 heavy (non-hydrogen) atoms. The summed E-state index contributed by atoms with van der Waals surface area (Å²) < 4.78 is 0.271. The van der Waals surface area contributed by atoms with E-state index >= 15 is 0 Å². The second-order valence-corrected chi connectivity index (χ2v) is 3.54. The standard InChI is InChI=1S/C6H14NO/c1-6(2,3)7(8)4-5-7/h8H,4-5H2,1-3H3/q+1. The van der Waals surface area contributed by atoms with Crippen molar-refractivity contribution >= 4 is 0 Å². The van der Waals surface area contributed by atoms with Crippen LogP contribution in [0.4, 0.5) is 0 Å². The topological polar surface area (TPSA) is 20.2 Å². The molecule has 0 aromatic rings. The van der Waals surface area contributed by atoms with Gasteiger partial charge < -0.3 is 0 Å². The molecule has 1 aliphatic rings. The van der Waals surface area contributed by atoms with E-state index in [1.165, 1.54) is 0 Å². The Morgan fingerprint density at radius 3 is 1.62 bits per heavy atom. The second-order valence-electron chi connectivity index (χ2n) is 3.54. The van der Waals surface area contributed by atoms with E-state index in [4.69, 9.17) is 0 Å². The molecule has 2 heteroatoms. The Hall–Kier alpha value is -0.0800. The lowest BCUT2D eigenvalue weighted by Crippen LogP contribution is -2.41. The fourth-order valence-corrected chi connectivity index (χ4v) is 0.766. The molecular weight excluding hydrogens is 102 g/mol. The third kappa shape index (κ3) is 0.740. The molecular formula is C6H14NO+. The molecule has 0 aromatic heterocycles. The van der Waals surface area contributed by atoms with E-state index < -0.39 is 0 Å². The highest BCUT2D eigenvalue weighted by Crippen LogP contribution is 2.30. The molecule has 1 fully saturated rings. The zero-order valence-electron chi connectivity index (χ0n) is 5.81. The maximum atomic E-state index is 9.40. The van der Waals surface area contributed by atoms with Gasteiger partial charge in [-0.25, -0.2) is 5.21 Å². The Morgan fingerprint density at radius 1 is 1.25 bits per heavy atom. The zero-order valence-corrected chi connectivity index (χ0v) is 5.81. The summed E-state index contributed by atoms with van der Waals surface area (Å²) in [5.74, 6) is 0. The Morgan fingerprint density at radius 2 is 1.62 bits per heavy atom. The first-order valence-electron chi connectivity index (χ1n) is 3.06. The van der Waals surface area contributed by atoms with Crippen molar-refractivity contribution < 1.29 is 9.85 Å². The third-order valence-electron chi connectivity index (χ3n) is 1.90.